The third-order valence-electron chi connectivity index (χ3n) is 3.60. The van der Waals surface area contributed by atoms with Crippen molar-refractivity contribution in [2.75, 3.05) is 18.6 Å². The van der Waals surface area contributed by atoms with Crippen LogP contribution in [0.1, 0.15) is 19.4 Å². The second-order valence-corrected chi connectivity index (χ2v) is 5.36. The van der Waals surface area contributed by atoms with Gasteiger partial charge in [0.1, 0.15) is 11.5 Å². The van der Waals surface area contributed by atoms with E-state index in [1.807, 2.05) is 56.3 Å². The molecule has 122 valence electrons. The largest absolute Gasteiger partial charge is 0.497 e. The number of benzene rings is 2. The molecule has 0 aliphatic heterocycles. The number of hydrogen-bond donors (Lipinski definition) is 0. The molecule has 0 saturated carbocycles. The number of anilines is 1. The van der Waals surface area contributed by atoms with Crippen molar-refractivity contribution in [2.45, 2.75) is 26.9 Å². The smallest absolute Gasteiger partial charge is 0.267 e. The molecule has 0 aromatic heterocycles. The summed E-state index contributed by atoms with van der Waals surface area (Å²) in [6, 6.07) is 15.2. The summed E-state index contributed by atoms with van der Waals surface area (Å²) in [6.07, 6.45) is -0.581. The zero-order valence-electron chi connectivity index (χ0n) is 14.1. The summed E-state index contributed by atoms with van der Waals surface area (Å²) in [5, 5.41) is 0. The molecule has 0 heterocycles. The van der Waals surface area contributed by atoms with Gasteiger partial charge in [-0.1, -0.05) is 18.2 Å². The zero-order valence-corrected chi connectivity index (χ0v) is 14.1. The van der Waals surface area contributed by atoms with Crippen LogP contribution in [0.3, 0.4) is 0 Å². The van der Waals surface area contributed by atoms with Crippen molar-refractivity contribution in [3.8, 4) is 11.5 Å². The fourth-order valence-electron chi connectivity index (χ4n) is 2.41. The molecular formula is C19H23NO3. The van der Waals surface area contributed by atoms with Gasteiger partial charge in [0.05, 0.1) is 7.11 Å². The van der Waals surface area contributed by atoms with Gasteiger partial charge in [0.2, 0.25) is 0 Å². The Morgan fingerprint density at radius 1 is 1.13 bits per heavy atom. The first-order chi connectivity index (χ1) is 11.0. The van der Waals surface area contributed by atoms with Crippen molar-refractivity contribution in [3.05, 3.63) is 54.1 Å². The average molecular weight is 313 g/mol. The van der Waals surface area contributed by atoms with E-state index >= 15 is 0 Å². The highest BCUT2D eigenvalue weighted by molar-refractivity contribution is 5.96. The minimum absolute atomic E-state index is 0.0686. The van der Waals surface area contributed by atoms with Crippen LogP contribution in [-0.2, 0) is 4.79 Å². The number of likely N-dealkylation sites (N-methyl/N-ethyl adjacent to an activating group) is 1. The third kappa shape index (κ3) is 4.25. The van der Waals surface area contributed by atoms with E-state index in [1.54, 1.807) is 25.0 Å². The topological polar surface area (TPSA) is 38.8 Å². The Morgan fingerprint density at radius 3 is 2.48 bits per heavy atom. The molecule has 1 atom stereocenters. The van der Waals surface area contributed by atoms with E-state index in [0.717, 1.165) is 11.3 Å². The summed E-state index contributed by atoms with van der Waals surface area (Å²) < 4.78 is 11.0. The molecule has 0 radical (unpaired) electrons. The van der Waals surface area contributed by atoms with Crippen LogP contribution in [0, 0.1) is 6.92 Å². The third-order valence-corrected chi connectivity index (χ3v) is 3.60. The summed E-state index contributed by atoms with van der Waals surface area (Å²) in [4.78, 5) is 14.4. The molecule has 1 unspecified atom stereocenters. The van der Waals surface area contributed by atoms with E-state index in [2.05, 4.69) is 0 Å². The van der Waals surface area contributed by atoms with Crippen LogP contribution in [0.4, 0.5) is 5.69 Å². The van der Waals surface area contributed by atoms with Gasteiger partial charge in [0, 0.05) is 18.3 Å². The number of methoxy groups -OCH3 is 1. The molecule has 2 rings (SSSR count). The Morgan fingerprint density at radius 2 is 1.83 bits per heavy atom. The van der Waals surface area contributed by atoms with Crippen LogP contribution in [-0.4, -0.2) is 25.7 Å². The minimum atomic E-state index is -0.581. The number of rotatable bonds is 6. The maximum atomic E-state index is 12.7. The van der Waals surface area contributed by atoms with E-state index in [-0.39, 0.29) is 5.91 Å². The molecule has 0 fully saturated rings. The predicted octanol–water partition coefficient (Wildman–Crippen LogP) is 3.82. The highest BCUT2D eigenvalue weighted by atomic mass is 16.5. The molecule has 0 aliphatic rings. The van der Waals surface area contributed by atoms with Crippen molar-refractivity contribution >= 4 is 11.6 Å². The highest BCUT2D eigenvalue weighted by Gasteiger charge is 2.22. The van der Waals surface area contributed by atoms with E-state index < -0.39 is 6.10 Å². The van der Waals surface area contributed by atoms with Gasteiger partial charge >= 0.3 is 0 Å². The molecule has 0 N–H and O–H groups in total. The number of aryl methyl sites for hydroxylation is 1. The first-order valence-corrected chi connectivity index (χ1v) is 7.74. The van der Waals surface area contributed by atoms with Gasteiger partial charge in [-0.15, -0.1) is 0 Å². The van der Waals surface area contributed by atoms with Crippen LogP contribution in [0.15, 0.2) is 48.5 Å². The highest BCUT2D eigenvalue weighted by Crippen LogP contribution is 2.22. The van der Waals surface area contributed by atoms with Crippen LogP contribution in [0.5, 0.6) is 11.5 Å². The molecule has 1 amide bonds. The lowest BCUT2D eigenvalue weighted by atomic mass is 10.2. The molecule has 0 bridgehead atoms. The number of carbonyl (C=O) groups is 1. The van der Waals surface area contributed by atoms with E-state index in [1.165, 1.54) is 0 Å². The summed E-state index contributed by atoms with van der Waals surface area (Å²) in [7, 11) is 1.60. The summed E-state index contributed by atoms with van der Waals surface area (Å²) >= 11 is 0. The van der Waals surface area contributed by atoms with Gasteiger partial charge < -0.3 is 14.4 Å². The first kappa shape index (κ1) is 16.9. The lowest BCUT2D eigenvalue weighted by Crippen LogP contribution is -2.40. The van der Waals surface area contributed by atoms with E-state index in [0.29, 0.717) is 18.0 Å². The van der Waals surface area contributed by atoms with Crippen LogP contribution < -0.4 is 14.4 Å². The molecule has 0 spiro atoms. The van der Waals surface area contributed by atoms with Crippen molar-refractivity contribution < 1.29 is 14.3 Å². The Hall–Kier alpha value is -2.49. The summed E-state index contributed by atoms with van der Waals surface area (Å²) in [5.74, 6) is 1.25. The quantitative estimate of drug-likeness (QED) is 0.813. The van der Waals surface area contributed by atoms with Gasteiger partial charge in [-0.05, 0) is 50.6 Å². The summed E-state index contributed by atoms with van der Waals surface area (Å²) in [6.45, 7) is 6.32. The minimum Gasteiger partial charge on any atom is -0.497 e. The van der Waals surface area contributed by atoms with Crippen molar-refractivity contribution in [3.63, 3.8) is 0 Å². The van der Waals surface area contributed by atoms with Gasteiger partial charge in [-0.2, -0.15) is 0 Å². The lowest BCUT2D eigenvalue weighted by Gasteiger charge is -2.25. The Bertz CT molecular complexity index is 669. The number of ether oxygens (including phenoxy) is 2. The standard InChI is InChI=1S/C19H23NO3/c1-5-20(16-9-6-8-14(2)12-16)19(21)15(3)23-18-11-7-10-17(13-18)22-4/h6-13,15H,5H2,1-4H3. The monoisotopic (exact) mass is 313 g/mol. The van der Waals surface area contributed by atoms with E-state index in [9.17, 15) is 4.79 Å². The lowest BCUT2D eigenvalue weighted by molar-refractivity contribution is -0.124. The zero-order chi connectivity index (χ0) is 16.8. The predicted molar refractivity (Wildman–Crippen MR) is 92.3 cm³/mol. The Balaban J connectivity index is 2.13. The molecule has 4 heteroatoms. The molecule has 4 nitrogen and oxygen atoms in total. The first-order valence-electron chi connectivity index (χ1n) is 7.74. The van der Waals surface area contributed by atoms with Crippen molar-refractivity contribution in [1.82, 2.24) is 0 Å². The maximum absolute atomic E-state index is 12.7. The van der Waals surface area contributed by atoms with Gasteiger partial charge in [-0.25, -0.2) is 0 Å². The van der Waals surface area contributed by atoms with Gasteiger partial charge in [0.25, 0.3) is 5.91 Å². The summed E-state index contributed by atoms with van der Waals surface area (Å²) in [5.41, 5.74) is 2.01. The Labute approximate surface area is 137 Å². The number of carbonyl (C=O) groups excluding carboxylic acids is 1. The van der Waals surface area contributed by atoms with Crippen LogP contribution in [0.25, 0.3) is 0 Å². The fraction of sp³-hybridized carbons (Fsp3) is 0.316. The maximum Gasteiger partial charge on any atom is 0.267 e. The normalized spacial score (nSPS) is 11.7. The SMILES string of the molecule is CCN(C(=O)C(C)Oc1cccc(OC)c1)c1cccc(C)c1. The van der Waals surface area contributed by atoms with Crippen LogP contribution in [0.2, 0.25) is 0 Å². The molecule has 2 aromatic carbocycles. The molecular weight excluding hydrogens is 290 g/mol. The van der Waals surface area contributed by atoms with Gasteiger partial charge in [0.15, 0.2) is 6.10 Å². The molecule has 0 aliphatic carbocycles. The fourth-order valence-corrected chi connectivity index (χ4v) is 2.41. The Kier molecular flexibility index (Phi) is 5.63. The number of nitrogens with zero attached hydrogens (tertiary/aromatic N) is 1. The van der Waals surface area contributed by atoms with Crippen molar-refractivity contribution in [2.24, 2.45) is 0 Å². The van der Waals surface area contributed by atoms with Crippen molar-refractivity contribution in [1.29, 1.82) is 0 Å². The van der Waals surface area contributed by atoms with Crippen LogP contribution >= 0.6 is 0 Å². The second kappa shape index (κ2) is 7.68. The van der Waals surface area contributed by atoms with Gasteiger partial charge in [-0.3, -0.25) is 4.79 Å². The second-order valence-electron chi connectivity index (χ2n) is 5.36. The number of amides is 1. The average Bonchev–Trinajstić information content (AvgIpc) is 2.55. The molecule has 0 saturated heterocycles. The van der Waals surface area contributed by atoms with E-state index in [4.69, 9.17) is 9.47 Å². The number of hydrogen-bond acceptors (Lipinski definition) is 3. The molecule has 2 aromatic rings. The molecule has 23 heavy (non-hydrogen) atoms.